The molecule has 2 aromatic heterocycles. The van der Waals surface area contributed by atoms with Gasteiger partial charge in [0, 0.05) is 45.0 Å². The Morgan fingerprint density at radius 3 is 2.88 bits per heavy atom. The molecule has 0 bridgehead atoms. The van der Waals surface area contributed by atoms with Crippen molar-refractivity contribution in [2.75, 3.05) is 13.1 Å². The first-order chi connectivity index (χ1) is 16.1. The number of halogens is 1. The molecule has 2 aliphatic rings. The molecule has 5 rings (SSSR count). The quantitative estimate of drug-likeness (QED) is 0.651. The number of amides is 1. The Balaban J connectivity index is 1.33. The summed E-state index contributed by atoms with van der Waals surface area (Å²) in [7, 11) is 0. The number of nitrogens with one attached hydrogen (secondary N) is 1. The van der Waals surface area contributed by atoms with Crippen molar-refractivity contribution in [2.45, 2.75) is 44.8 Å². The van der Waals surface area contributed by atoms with E-state index in [1.54, 1.807) is 29.3 Å². The van der Waals surface area contributed by atoms with E-state index >= 15 is 0 Å². The number of aromatic amines is 1. The number of benzene rings is 1. The first-order valence-electron chi connectivity index (χ1n) is 11.3. The number of carbonyl (C=O) groups is 1. The highest BCUT2D eigenvalue weighted by atomic mass is 19.1. The number of fused-ring (bicyclic) bond motifs is 1. The minimum atomic E-state index is -0.377. The van der Waals surface area contributed by atoms with E-state index in [9.17, 15) is 14.0 Å². The summed E-state index contributed by atoms with van der Waals surface area (Å²) >= 11 is 0. The molecule has 3 aromatic rings. The Hall–Kier alpha value is -3.39. The molecule has 0 aliphatic carbocycles. The van der Waals surface area contributed by atoms with E-state index in [2.05, 4.69) is 14.9 Å². The average Bonchev–Trinajstić information content (AvgIpc) is 3.32. The lowest BCUT2D eigenvalue weighted by Gasteiger charge is -2.29. The molecule has 0 saturated carbocycles. The molecule has 170 valence electrons. The summed E-state index contributed by atoms with van der Waals surface area (Å²) in [6.07, 6.45) is 5.84. The molecule has 1 saturated heterocycles. The number of H-pyrrole nitrogens is 1. The van der Waals surface area contributed by atoms with Crippen molar-refractivity contribution in [1.82, 2.24) is 24.8 Å². The Morgan fingerprint density at radius 2 is 2.06 bits per heavy atom. The van der Waals surface area contributed by atoms with Gasteiger partial charge in [0.25, 0.3) is 5.56 Å². The van der Waals surface area contributed by atoms with Crippen molar-refractivity contribution in [1.29, 1.82) is 0 Å². The molecule has 1 atom stereocenters. The predicted octanol–water partition coefficient (Wildman–Crippen LogP) is 2.77. The van der Waals surface area contributed by atoms with E-state index in [1.807, 2.05) is 18.3 Å². The third-order valence-electron chi connectivity index (χ3n) is 6.48. The Kier molecular flexibility index (Phi) is 6.00. The third kappa shape index (κ3) is 4.57. The molecule has 7 nitrogen and oxygen atoms in total. The minimum Gasteiger partial charge on any atom is -0.332 e. The lowest BCUT2D eigenvalue weighted by molar-refractivity contribution is -0.131. The van der Waals surface area contributed by atoms with Crippen LogP contribution in [0.5, 0.6) is 0 Å². The summed E-state index contributed by atoms with van der Waals surface area (Å²) in [5.74, 6) is 0.0159. The van der Waals surface area contributed by atoms with Gasteiger partial charge in [-0.2, -0.15) is 0 Å². The fourth-order valence-corrected chi connectivity index (χ4v) is 4.80. The van der Waals surface area contributed by atoms with Crippen LogP contribution in [-0.4, -0.2) is 43.7 Å². The maximum atomic E-state index is 14.0. The topological polar surface area (TPSA) is 82.2 Å². The normalized spacial score (nSPS) is 18.3. The number of hydrogen-bond donors (Lipinski definition) is 1. The van der Waals surface area contributed by atoms with Gasteiger partial charge in [0.15, 0.2) is 0 Å². The number of pyridine rings is 1. The third-order valence-corrected chi connectivity index (χ3v) is 6.48. The van der Waals surface area contributed by atoms with Crippen LogP contribution < -0.4 is 5.56 Å². The summed E-state index contributed by atoms with van der Waals surface area (Å²) in [5.41, 5.74) is 2.85. The molecule has 4 heterocycles. The molecule has 33 heavy (non-hydrogen) atoms. The summed E-state index contributed by atoms with van der Waals surface area (Å²) in [4.78, 5) is 41.8. The van der Waals surface area contributed by atoms with Crippen molar-refractivity contribution in [2.24, 2.45) is 0 Å². The lowest BCUT2D eigenvalue weighted by atomic mass is 10.1. The summed E-state index contributed by atoms with van der Waals surface area (Å²) in [5, 5.41) is 0. The molecule has 1 N–H and O–H groups in total. The van der Waals surface area contributed by atoms with Crippen molar-refractivity contribution >= 4 is 5.91 Å². The van der Waals surface area contributed by atoms with Gasteiger partial charge in [0.1, 0.15) is 11.6 Å². The van der Waals surface area contributed by atoms with Crippen LogP contribution >= 0.6 is 0 Å². The van der Waals surface area contributed by atoms with Crippen molar-refractivity contribution < 1.29 is 9.18 Å². The summed E-state index contributed by atoms with van der Waals surface area (Å²) in [6, 6.07) is 10.00. The zero-order valence-electron chi connectivity index (χ0n) is 18.3. The molecule has 1 unspecified atom stereocenters. The second kappa shape index (κ2) is 9.23. The number of likely N-dealkylation sites (tertiary alicyclic amines) is 1. The molecule has 1 aromatic carbocycles. The maximum absolute atomic E-state index is 14.0. The van der Waals surface area contributed by atoms with E-state index in [0.29, 0.717) is 36.5 Å². The van der Waals surface area contributed by atoms with Crippen molar-refractivity contribution in [3.8, 4) is 0 Å². The summed E-state index contributed by atoms with van der Waals surface area (Å²) < 4.78 is 14.0. The van der Waals surface area contributed by atoms with Crippen molar-refractivity contribution in [3.05, 3.63) is 93.2 Å². The Labute approximate surface area is 191 Å². The van der Waals surface area contributed by atoms with Gasteiger partial charge >= 0.3 is 0 Å². The summed E-state index contributed by atoms with van der Waals surface area (Å²) in [6.45, 7) is 2.65. The molecule has 1 amide bonds. The first kappa shape index (κ1) is 21.5. The fraction of sp³-hybridized carbons (Fsp3) is 0.360. The van der Waals surface area contributed by atoms with Crippen LogP contribution in [0, 0.1) is 5.82 Å². The lowest BCUT2D eigenvalue weighted by Crippen LogP contribution is -2.38. The van der Waals surface area contributed by atoms with E-state index in [-0.39, 0.29) is 29.7 Å². The van der Waals surface area contributed by atoms with Gasteiger partial charge in [-0.15, -0.1) is 0 Å². The number of aromatic nitrogens is 3. The molecule has 8 heteroatoms. The minimum absolute atomic E-state index is 0.00164. The van der Waals surface area contributed by atoms with Gasteiger partial charge in [-0.25, -0.2) is 9.37 Å². The SMILES string of the molecule is O=C(Cc1ccccc1F)N1CCCC1c1nc2c(c(=O)[nH]1)CN(Cc1cccnc1)CC2. The van der Waals surface area contributed by atoms with Crippen LogP contribution in [0.2, 0.25) is 0 Å². The average molecular weight is 448 g/mol. The number of hydrogen-bond acceptors (Lipinski definition) is 5. The predicted molar refractivity (Wildman–Crippen MR) is 121 cm³/mol. The highest BCUT2D eigenvalue weighted by Gasteiger charge is 2.33. The highest BCUT2D eigenvalue weighted by Crippen LogP contribution is 2.31. The molecular weight excluding hydrogens is 421 g/mol. The van der Waals surface area contributed by atoms with Crippen LogP contribution in [0.15, 0.2) is 53.6 Å². The molecular formula is C25H26FN5O2. The van der Waals surface area contributed by atoms with E-state index in [1.165, 1.54) is 6.07 Å². The van der Waals surface area contributed by atoms with E-state index in [4.69, 9.17) is 4.98 Å². The molecule has 0 radical (unpaired) electrons. The highest BCUT2D eigenvalue weighted by molar-refractivity contribution is 5.79. The van der Waals surface area contributed by atoms with E-state index < -0.39 is 0 Å². The maximum Gasteiger partial charge on any atom is 0.255 e. The van der Waals surface area contributed by atoms with Gasteiger partial charge < -0.3 is 9.88 Å². The fourth-order valence-electron chi connectivity index (χ4n) is 4.80. The zero-order chi connectivity index (χ0) is 22.8. The molecule has 2 aliphatic heterocycles. The van der Waals surface area contributed by atoms with E-state index in [0.717, 1.165) is 37.2 Å². The van der Waals surface area contributed by atoms with Gasteiger partial charge in [-0.05, 0) is 36.1 Å². The smallest absolute Gasteiger partial charge is 0.255 e. The Bertz CT molecular complexity index is 1210. The van der Waals surface area contributed by atoms with Crippen LogP contribution in [0.4, 0.5) is 4.39 Å². The van der Waals surface area contributed by atoms with Crippen LogP contribution in [0.25, 0.3) is 0 Å². The number of rotatable bonds is 5. The molecule has 0 spiro atoms. The zero-order valence-corrected chi connectivity index (χ0v) is 18.3. The van der Waals surface area contributed by atoms with Gasteiger partial charge in [0.2, 0.25) is 5.91 Å². The Morgan fingerprint density at radius 1 is 1.18 bits per heavy atom. The standard InChI is InChI=1S/C25H26FN5O2/c26-20-7-2-1-6-18(20)13-23(32)31-11-4-8-22(31)24-28-21-9-12-30(16-19(21)25(33)29-24)15-17-5-3-10-27-14-17/h1-3,5-7,10,14,22H,4,8-9,11-13,15-16H2,(H,28,29,33). The number of nitrogens with zero attached hydrogens (tertiary/aromatic N) is 4. The van der Waals surface area contributed by atoms with Crippen LogP contribution in [-0.2, 0) is 30.7 Å². The van der Waals surface area contributed by atoms with Gasteiger partial charge in [-0.3, -0.25) is 19.5 Å². The van der Waals surface area contributed by atoms with Crippen molar-refractivity contribution in [3.63, 3.8) is 0 Å². The van der Waals surface area contributed by atoms with Gasteiger partial charge in [-0.1, -0.05) is 24.3 Å². The van der Waals surface area contributed by atoms with Gasteiger partial charge in [0.05, 0.1) is 23.7 Å². The van der Waals surface area contributed by atoms with Crippen LogP contribution in [0.3, 0.4) is 0 Å². The second-order valence-corrected chi connectivity index (χ2v) is 8.71. The monoisotopic (exact) mass is 447 g/mol. The first-order valence-corrected chi connectivity index (χ1v) is 11.3. The van der Waals surface area contributed by atoms with Crippen LogP contribution in [0.1, 0.15) is 47.1 Å². The second-order valence-electron chi connectivity index (χ2n) is 8.71. The number of carbonyl (C=O) groups excluding carboxylic acids is 1. The largest absolute Gasteiger partial charge is 0.332 e. The molecule has 1 fully saturated rings.